The van der Waals surface area contributed by atoms with E-state index in [1.165, 1.54) is 5.56 Å². The summed E-state index contributed by atoms with van der Waals surface area (Å²) >= 11 is 0. The van der Waals surface area contributed by atoms with Crippen LogP contribution in [0.3, 0.4) is 0 Å². The molecular weight excluding hydrogens is 254 g/mol. The summed E-state index contributed by atoms with van der Waals surface area (Å²) in [6.07, 6.45) is 5.20. The molecule has 0 radical (unpaired) electrons. The van der Waals surface area contributed by atoms with Crippen LogP contribution in [0.2, 0.25) is 0 Å². The van der Waals surface area contributed by atoms with E-state index in [4.69, 9.17) is 14.6 Å². The second kappa shape index (κ2) is 5.85. The summed E-state index contributed by atoms with van der Waals surface area (Å²) in [5.41, 5.74) is 1.19. The van der Waals surface area contributed by atoms with Crippen LogP contribution in [0.5, 0.6) is 11.5 Å². The topological polar surface area (TPSA) is 50.7 Å². The Balaban J connectivity index is 1.65. The van der Waals surface area contributed by atoms with Crippen molar-refractivity contribution in [2.24, 2.45) is 5.92 Å². The number of benzene rings is 1. The van der Waals surface area contributed by atoms with Gasteiger partial charge in [-0.2, -0.15) is 0 Å². The number of hydrogen-bond donors (Lipinski definition) is 2. The number of rotatable bonds is 4. The third-order valence-electron chi connectivity index (χ3n) is 3.94. The van der Waals surface area contributed by atoms with Crippen molar-refractivity contribution >= 4 is 0 Å². The Hall–Kier alpha value is -1.52. The van der Waals surface area contributed by atoms with Crippen LogP contribution in [0.4, 0.5) is 0 Å². The summed E-state index contributed by atoms with van der Waals surface area (Å²) < 4.78 is 11.2. The fourth-order valence-electron chi connectivity index (χ4n) is 2.78. The molecule has 4 nitrogen and oxygen atoms in total. The third-order valence-corrected chi connectivity index (χ3v) is 3.94. The average molecular weight is 275 g/mol. The van der Waals surface area contributed by atoms with Gasteiger partial charge in [0.05, 0.1) is 0 Å². The minimum atomic E-state index is 0.229. The highest BCUT2D eigenvalue weighted by molar-refractivity contribution is 5.44. The highest BCUT2D eigenvalue weighted by Gasteiger charge is 2.21. The summed E-state index contributed by atoms with van der Waals surface area (Å²) in [6, 6.07) is 6.67. The molecule has 0 fully saturated rings. The molecule has 108 valence electrons. The Morgan fingerprint density at radius 1 is 1.25 bits per heavy atom. The Morgan fingerprint density at radius 2 is 2.05 bits per heavy atom. The minimum absolute atomic E-state index is 0.229. The van der Waals surface area contributed by atoms with Crippen molar-refractivity contribution in [2.45, 2.75) is 25.4 Å². The lowest BCUT2D eigenvalue weighted by molar-refractivity contribution is 0.171. The lowest BCUT2D eigenvalue weighted by Crippen LogP contribution is -2.29. The van der Waals surface area contributed by atoms with Crippen molar-refractivity contribution in [3.63, 3.8) is 0 Å². The maximum atomic E-state index is 9.16. The zero-order valence-electron chi connectivity index (χ0n) is 11.7. The lowest BCUT2D eigenvalue weighted by atomic mass is 10.0. The molecule has 1 aromatic carbocycles. The van der Waals surface area contributed by atoms with Crippen LogP contribution in [-0.4, -0.2) is 31.0 Å². The Morgan fingerprint density at radius 3 is 2.80 bits per heavy atom. The first-order chi connectivity index (χ1) is 9.76. The van der Waals surface area contributed by atoms with Gasteiger partial charge in [0, 0.05) is 24.6 Å². The molecule has 0 saturated carbocycles. The van der Waals surface area contributed by atoms with Gasteiger partial charge in [-0.25, -0.2) is 0 Å². The molecule has 0 spiro atoms. The second-order valence-corrected chi connectivity index (χ2v) is 5.46. The molecular formula is C16H21NO3. The molecule has 20 heavy (non-hydrogen) atoms. The lowest BCUT2D eigenvalue weighted by Gasteiger charge is -2.23. The molecule has 1 aliphatic carbocycles. The first kappa shape index (κ1) is 13.5. The fraction of sp³-hybridized carbons (Fsp3) is 0.500. The largest absolute Gasteiger partial charge is 0.486 e. The number of hydrogen-bond acceptors (Lipinski definition) is 4. The van der Waals surface area contributed by atoms with Gasteiger partial charge < -0.3 is 19.9 Å². The summed E-state index contributed by atoms with van der Waals surface area (Å²) in [5, 5.41) is 12.7. The minimum Gasteiger partial charge on any atom is -0.486 e. The quantitative estimate of drug-likeness (QED) is 0.826. The molecule has 0 aromatic heterocycles. The molecule has 1 aliphatic heterocycles. The Kier molecular flexibility index (Phi) is 3.94. The van der Waals surface area contributed by atoms with Crippen LogP contribution in [0, 0.1) is 5.92 Å². The average Bonchev–Trinajstić information content (AvgIpc) is 2.94. The van der Waals surface area contributed by atoms with Crippen LogP contribution in [0.1, 0.15) is 24.9 Å². The van der Waals surface area contributed by atoms with Gasteiger partial charge in [0.25, 0.3) is 0 Å². The normalized spacial score (nSPS) is 25.7. The van der Waals surface area contributed by atoms with Gasteiger partial charge in [-0.1, -0.05) is 18.2 Å². The smallest absolute Gasteiger partial charge is 0.161 e. The zero-order valence-corrected chi connectivity index (χ0v) is 11.7. The maximum Gasteiger partial charge on any atom is 0.161 e. The predicted octanol–water partition coefficient (Wildman–Crippen LogP) is 2.05. The van der Waals surface area contributed by atoms with Gasteiger partial charge in [-0.05, 0) is 31.0 Å². The van der Waals surface area contributed by atoms with E-state index in [0.29, 0.717) is 25.2 Å². The van der Waals surface area contributed by atoms with Gasteiger partial charge in [0.15, 0.2) is 11.5 Å². The van der Waals surface area contributed by atoms with Crippen LogP contribution in [0.15, 0.2) is 30.4 Å². The molecule has 0 saturated heterocycles. The van der Waals surface area contributed by atoms with Gasteiger partial charge in [0.1, 0.15) is 13.2 Å². The van der Waals surface area contributed by atoms with E-state index in [9.17, 15) is 0 Å². The first-order valence-electron chi connectivity index (χ1n) is 7.21. The SMILES string of the molecule is CC(N[C@@H]1C=C[C@H](CO)C1)c1ccc2c(c1)OCCO2. The molecule has 1 heterocycles. The number of ether oxygens (including phenoxy) is 2. The van der Waals surface area contributed by atoms with E-state index in [2.05, 4.69) is 30.5 Å². The highest BCUT2D eigenvalue weighted by atomic mass is 16.6. The van der Waals surface area contributed by atoms with E-state index in [1.54, 1.807) is 0 Å². The molecule has 2 aliphatic rings. The van der Waals surface area contributed by atoms with Crippen LogP contribution < -0.4 is 14.8 Å². The Bertz CT molecular complexity index is 500. The number of aliphatic hydroxyl groups excluding tert-OH is 1. The van der Waals surface area contributed by atoms with Gasteiger partial charge >= 0.3 is 0 Å². The maximum absolute atomic E-state index is 9.16. The number of aliphatic hydroxyl groups is 1. The first-order valence-corrected chi connectivity index (χ1v) is 7.21. The molecule has 1 aromatic rings. The molecule has 3 rings (SSSR count). The predicted molar refractivity (Wildman–Crippen MR) is 77.1 cm³/mol. The van der Waals surface area contributed by atoms with Gasteiger partial charge in [0.2, 0.25) is 0 Å². The molecule has 0 bridgehead atoms. The molecule has 1 unspecified atom stereocenters. The summed E-state index contributed by atoms with van der Waals surface area (Å²) in [6.45, 7) is 3.61. The number of fused-ring (bicyclic) bond motifs is 1. The summed E-state index contributed by atoms with van der Waals surface area (Å²) in [4.78, 5) is 0. The third kappa shape index (κ3) is 2.81. The van der Waals surface area contributed by atoms with Crippen molar-refractivity contribution in [1.29, 1.82) is 0 Å². The van der Waals surface area contributed by atoms with Crippen LogP contribution in [0.25, 0.3) is 0 Å². The van der Waals surface area contributed by atoms with Gasteiger partial charge in [-0.15, -0.1) is 0 Å². The molecule has 2 N–H and O–H groups in total. The van der Waals surface area contributed by atoms with E-state index < -0.39 is 0 Å². The van der Waals surface area contributed by atoms with Crippen molar-refractivity contribution in [1.82, 2.24) is 5.32 Å². The fourth-order valence-corrected chi connectivity index (χ4v) is 2.78. The van der Waals surface area contributed by atoms with E-state index >= 15 is 0 Å². The molecule has 0 amide bonds. The molecule has 4 heteroatoms. The van der Waals surface area contributed by atoms with Gasteiger partial charge in [-0.3, -0.25) is 0 Å². The van der Waals surface area contributed by atoms with Crippen molar-refractivity contribution in [3.05, 3.63) is 35.9 Å². The van der Waals surface area contributed by atoms with E-state index in [0.717, 1.165) is 17.9 Å². The van der Waals surface area contributed by atoms with E-state index in [1.807, 2.05) is 12.1 Å². The highest BCUT2D eigenvalue weighted by Crippen LogP contribution is 2.33. The van der Waals surface area contributed by atoms with Crippen molar-refractivity contribution in [2.75, 3.05) is 19.8 Å². The van der Waals surface area contributed by atoms with Crippen LogP contribution >= 0.6 is 0 Å². The standard InChI is InChI=1S/C16H21NO3/c1-11(17-14-4-2-12(8-14)10-18)13-3-5-15-16(9-13)20-7-6-19-15/h2-5,9,11-12,14,17-18H,6-8,10H2,1H3/t11?,12-,14+/m0/s1. The van der Waals surface area contributed by atoms with E-state index in [-0.39, 0.29) is 12.6 Å². The zero-order chi connectivity index (χ0) is 13.9. The number of nitrogens with one attached hydrogen (secondary N) is 1. The van der Waals surface area contributed by atoms with Crippen molar-refractivity contribution in [3.8, 4) is 11.5 Å². The second-order valence-electron chi connectivity index (χ2n) is 5.46. The summed E-state index contributed by atoms with van der Waals surface area (Å²) in [7, 11) is 0. The Labute approximate surface area is 119 Å². The molecule has 3 atom stereocenters. The monoisotopic (exact) mass is 275 g/mol. The van der Waals surface area contributed by atoms with Crippen molar-refractivity contribution < 1.29 is 14.6 Å². The van der Waals surface area contributed by atoms with Crippen LogP contribution in [-0.2, 0) is 0 Å². The summed E-state index contributed by atoms with van der Waals surface area (Å²) in [5.74, 6) is 1.95.